The molecular formula is C35H40O18. The van der Waals surface area contributed by atoms with Crippen LogP contribution in [0.2, 0.25) is 0 Å². The molecule has 0 radical (unpaired) electrons. The van der Waals surface area contributed by atoms with E-state index in [1.807, 2.05) is 0 Å². The summed E-state index contributed by atoms with van der Waals surface area (Å²) in [4.78, 5) is 26.3. The van der Waals surface area contributed by atoms with E-state index in [-0.39, 0.29) is 34.8 Å². The second-order valence-electron chi connectivity index (χ2n) is 12.9. The van der Waals surface area contributed by atoms with Crippen molar-refractivity contribution in [1.29, 1.82) is 0 Å². The molecule has 288 valence electrons. The summed E-state index contributed by atoms with van der Waals surface area (Å²) < 4.78 is 39.3. The third-order valence-corrected chi connectivity index (χ3v) is 9.57. The number of ether oxygens (including phenoxy) is 7. The average molecular weight is 749 g/mol. The topological polar surface area (TPSA) is 281 Å². The molecule has 0 aliphatic carbocycles. The van der Waals surface area contributed by atoms with Crippen LogP contribution >= 0.6 is 0 Å². The number of phenolic OH excluding ortho intramolecular Hbond substituents is 2. The van der Waals surface area contributed by atoms with Crippen molar-refractivity contribution in [1.82, 2.24) is 0 Å². The van der Waals surface area contributed by atoms with E-state index in [9.17, 15) is 55.5 Å². The second kappa shape index (κ2) is 15.9. The first-order chi connectivity index (χ1) is 25.4. The van der Waals surface area contributed by atoms with Gasteiger partial charge in [-0.1, -0.05) is 18.2 Å². The minimum absolute atomic E-state index is 0.118. The summed E-state index contributed by atoms with van der Waals surface area (Å²) in [5, 5.41) is 93.7. The Hall–Kier alpha value is -4.34. The fourth-order valence-corrected chi connectivity index (χ4v) is 6.71. The summed E-state index contributed by atoms with van der Waals surface area (Å²) in [5.74, 6) is -4.21. The maximum atomic E-state index is 14.0. The van der Waals surface area contributed by atoms with Gasteiger partial charge in [0, 0.05) is 23.5 Å². The van der Waals surface area contributed by atoms with Crippen LogP contribution in [0, 0.1) is 11.8 Å². The summed E-state index contributed by atoms with van der Waals surface area (Å²) in [7, 11) is 0. The summed E-state index contributed by atoms with van der Waals surface area (Å²) in [6.45, 7) is 2.44. The van der Waals surface area contributed by atoms with E-state index < -0.39 is 116 Å². The van der Waals surface area contributed by atoms with Gasteiger partial charge in [0.2, 0.25) is 18.9 Å². The minimum Gasteiger partial charge on any atom is -0.508 e. The molecule has 3 saturated heterocycles. The zero-order chi connectivity index (χ0) is 38.1. The van der Waals surface area contributed by atoms with Crippen molar-refractivity contribution in [3.8, 4) is 28.4 Å². The standard InChI is InChI=1S/C35H40O18/c1-2-17-18-6-7-47-31(45)20(18)13-48-33(17)53-35-30(28(43)26(41)23(12-37)51-35)52-32(46)24-19(14-4-3-5-15(38)8-14)9-16(10-21(24)39)49-34-29(44)27(42)25(40)22(11-36)50-34/h2-5,8-10,13,17-18,22-23,25-30,33-44H,1,6-7,11-12H2/t17-,18-,22+,23+,25+,26-,27+,28-,29-,30+,33+,34+,35+/m0/s1. The third-order valence-electron chi connectivity index (χ3n) is 9.57. The smallest absolute Gasteiger partial charge is 0.343 e. The van der Waals surface area contributed by atoms with Gasteiger partial charge in [0.15, 0.2) is 6.10 Å². The van der Waals surface area contributed by atoms with Crippen LogP contribution in [-0.4, -0.2) is 145 Å². The molecule has 0 spiro atoms. The van der Waals surface area contributed by atoms with E-state index in [0.29, 0.717) is 6.42 Å². The quantitative estimate of drug-likeness (QED) is 0.0990. The number of phenols is 2. The molecule has 6 rings (SSSR count). The van der Waals surface area contributed by atoms with E-state index in [2.05, 4.69) is 6.58 Å². The summed E-state index contributed by atoms with van der Waals surface area (Å²) in [6, 6.07) is 7.61. The van der Waals surface area contributed by atoms with Gasteiger partial charge in [-0.05, 0) is 30.2 Å². The highest BCUT2D eigenvalue weighted by Gasteiger charge is 2.51. The van der Waals surface area contributed by atoms with E-state index in [0.717, 1.165) is 6.07 Å². The van der Waals surface area contributed by atoms with Gasteiger partial charge in [-0.3, -0.25) is 0 Å². The van der Waals surface area contributed by atoms with Crippen LogP contribution in [0.5, 0.6) is 17.2 Å². The zero-order valence-corrected chi connectivity index (χ0v) is 27.9. The van der Waals surface area contributed by atoms with Gasteiger partial charge in [0.25, 0.3) is 0 Å². The number of fused-ring (bicyclic) bond motifs is 1. The average Bonchev–Trinajstić information content (AvgIpc) is 3.14. The number of hydrogen-bond donors (Lipinski definition) is 9. The molecule has 0 saturated carbocycles. The molecular weight excluding hydrogens is 708 g/mol. The predicted molar refractivity (Wildman–Crippen MR) is 173 cm³/mol. The Morgan fingerprint density at radius 3 is 2.26 bits per heavy atom. The van der Waals surface area contributed by atoms with Crippen LogP contribution in [0.4, 0.5) is 0 Å². The van der Waals surface area contributed by atoms with Crippen molar-refractivity contribution < 1.29 is 88.7 Å². The van der Waals surface area contributed by atoms with Crippen molar-refractivity contribution in [2.75, 3.05) is 19.8 Å². The van der Waals surface area contributed by atoms with E-state index in [1.54, 1.807) is 0 Å². The second-order valence-corrected chi connectivity index (χ2v) is 12.9. The number of carbonyl (C=O) groups is 2. The minimum atomic E-state index is -1.92. The number of cyclic esters (lactones) is 1. The first-order valence-corrected chi connectivity index (χ1v) is 16.6. The lowest BCUT2D eigenvalue weighted by Crippen LogP contribution is -2.61. The Bertz CT molecular complexity index is 1690. The van der Waals surface area contributed by atoms with Gasteiger partial charge < -0.3 is 79.1 Å². The Kier molecular flexibility index (Phi) is 11.6. The van der Waals surface area contributed by atoms with Gasteiger partial charge in [0.1, 0.15) is 65.5 Å². The normalized spacial score (nSPS) is 35.6. The predicted octanol–water partition coefficient (Wildman–Crippen LogP) is -1.47. The highest BCUT2D eigenvalue weighted by molar-refractivity contribution is 6.00. The summed E-state index contributed by atoms with van der Waals surface area (Å²) >= 11 is 0. The van der Waals surface area contributed by atoms with Gasteiger partial charge in [-0.2, -0.15) is 0 Å². The monoisotopic (exact) mass is 748 g/mol. The molecule has 9 N–H and O–H groups in total. The molecule has 4 aliphatic rings. The van der Waals surface area contributed by atoms with Crippen LogP contribution in [-0.2, 0) is 33.2 Å². The first-order valence-electron chi connectivity index (χ1n) is 16.6. The molecule has 18 nitrogen and oxygen atoms in total. The number of aliphatic hydroxyl groups excluding tert-OH is 7. The first kappa shape index (κ1) is 38.4. The summed E-state index contributed by atoms with van der Waals surface area (Å²) in [6.07, 6.45) is -15.0. The zero-order valence-electron chi connectivity index (χ0n) is 27.9. The number of benzene rings is 2. The third kappa shape index (κ3) is 7.56. The van der Waals surface area contributed by atoms with Crippen LogP contribution in [0.3, 0.4) is 0 Å². The molecule has 0 aromatic heterocycles. The molecule has 0 unspecified atom stereocenters. The number of aliphatic hydroxyl groups is 7. The van der Waals surface area contributed by atoms with Gasteiger partial charge in [-0.25, -0.2) is 9.59 Å². The number of carbonyl (C=O) groups excluding carboxylic acids is 2. The molecule has 2 aromatic rings. The molecule has 4 heterocycles. The molecule has 0 bridgehead atoms. The lowest BCUT2D eigenvalue weighted by Gasteiger charge is -2.44. The highest BCUT2D eigenvalue weighted by atomic mass is 16.8. The molecule has 13 atom stereocenters. The number of esters is 2. The molecule has 4 aliphatic heterocycles. The van der Waals surface area contributed by atoms with Crippen molar-refractivity contribution in [3.63, 3.8) is 0 Å². The van der Waals surface area contributed by atoms with Crippen LogP contribution in [0.1, 0.15) is 16.8 Å². The van der Waals surface area contributed by atoms with Crippen molar-refractivity contribution >= 4 is 11.9 Å². The van der Waals surface area contributed by atoms with Crippen LogP contribution < -0.4 is 4.74 Å². The Balaban J connectivity index is 1.32. The SMILES string of the molecule is C=C[C@@H]1[C@@H](O[C@H]2O[C@H](CO)[C@H](O)[C@H](O)[C@H]2OC(=O)c2c(O)cc(O[C@@H]3O[C@H](CO)[C@@H](O)[C@@H](O)[C@@H]3O)cc2-c2cccc(O)c2)OC=C2C(=O)OCC[C@H]21. The Morgan fingerprint density at radius 1 is 0.887 bits per heavy atom. The molecule has 3 fully saturated rings. The van der Waals surface area contributed by atoms with Crippen molar-refractivity contribution in [2.24, 2.45) is 11.8 Å². The van der Waals surface area contributed by atoms with Crippen LogP contribution in [0.15, 0.2) is 60.9 Å². The van der Waals surface area contributed by atoms with Gasteiger partial charge >= 0.3 is 11.9 Å². The van der Waals surface area contributed by atoms with E-state index in [4.69, 9.17) is 33.2 Å². The fraction of sp³-hybridized carbons (Fsp3) is 0.486. The Morgan fingerprint density at radius 2 is 1.58 bits per heavy atom. The van der Waals surface area contributed by atoms with E-state index >= 15 is 0 Å². The van der Waals surface area contributed by atoms with Gasteiger partial charge in [0.05, 0.1) is 31.7 Å². The van der Waals surface area contributed by atoms with Gasteiger partial charge in [-0.15, -0.1) is 6.58 Å². The summed E-state index contributed by atoms with van der Waals surface area (Å²) in [5.41, 5.74) is -0.260. The molecule has 0 amide bonds. The lowest BCUT2D eigenvalue weighted by atomic mass is 9.81. The van der Waals surface area contributed by atoms with Crippen molar-refractivity contribution in [3.05, 3.63) is 66.5 Å². The molecule has 53 heavy (non-hydrogen) atoms. The number of hydrogen-bond acceptors (Lipinski definition) is 18. The maximum Gasteiger partial charge on any atom is 0.343 e. The molecule has 18 heteroatoms. The van der Waals surface area contributed by atoms with Crippen molar-refractivity contribution in [2.45, 2.75) is 74.1 Å². The number of rotatable bonds is 10. The Labute approximate surface area is 301 Å². The largest absolute Gasteiger partial charge is 0.508 e. The number of aromatic hydroxyl groups is 2. The highest BCUT2D eigenvalue weighted by Crippen LogP contribution is 2.41. The van der Waals surface area contributed by atoms with E-state index in [1.165, 1.54) is 42.7 Å². The lowest BCUT2D eigenvalue weighted by molar-refractivity contribution is -0.338. The fourth-order valence-electron chi connectivity index (χ4n) is 6.71. The van der Waals surface area contributed by atoms with Crippen LogP contribution in [0.25, 0.3) is 11.1 Å². The molecule has 2 aromatic carbocycles. The maximum absolute atomic E-state index is 14.0.